The Morgan fingerprint density at radius 1 is 1.10 bits per heavy atom. The van der Waals surface area contributed by atoms with Gasteiger partial charge in [-0.2, -0.15) is 0 Å². The average Bonchev–Trinajstić information content (AvgIpc) is 3.42. The van der Waals surface area contributed by atoms with Gasteiger partial charge < -0.3 is 15.0 Å². The monoisotopic (exact) mass is 420 g/mol. The number of H-pyrrole nitrogens is 1. The number of fused-ring (bicyclic) bond motifs is 1. The van der Waals surface area contributed by atoms with Crippen molar-refractivity contribution >= 4 is 28.3 Å². The van der Waals surface area contributed by atoms with Gasteiger partial charge in [-0.25, -0.2) is 9.97 Å². The normalized spacial score (nSPS) is 11.0. The topological polar surface area (TPSA) is 79.9 Å². The molecule has 0 atom stereocenters. The largest absolute Gasteiger partial charge is 0.497 e. The SMILES string of the molecule is COc1ccc2nc(CCCCc3nc(C(=O)NCc4ccccc4)cs3)[nH]c2c1. The molecule has 0 radical (unpaired) electrons. The Morgan fingerprint density at radius 2 is 1.93 bits per heavy atom. The number of ether oxygens (including phenoxy) is 1. The van der Waals surface area contributed by atoms with Crippen molar-refractivity contribution < 1.29 is 9.53 Å². The van der Waals surface area contributed by atoms with Crippen LogP contribution in [0.2, 0.25) is 0 Å². The maximum absolute atomic E-state index is 12.3. The lowest BCUT2D eigenvalue weighted by atomic mass is 10.2. The number of hydrogen-bond acceptors (Lipinski definition) is 5. The summed E-state index contributed by atoms with van der Waals surface area (Å²) in [5, 5.41) is 5.75. The van der Waals surface area contributed by atoms with Crippen LogP contribution in [0.1, 0.15) is 39.7 Å². The standard InChI is InChI=1S/C23H24N4O2S/c1-29-17-11-12-18-19(13-17)26-21(25-18)9-5-6-10-22-27-20(15-30-22)23(28)24-14-16-7-3-2-4-8-16/h2-4,7-8,11-13,15H,5-6,9-10,14H2,1H3,(H,24,28)(H,25,26). The Kier molecular flexibility index (Phi) is 6.39. The fraction of sp³-hybridized carbons (Fsp3) is 0.261. The van der Waals surface area contributed by atoms with Crippen LogP contribution in [0.3, 0.4) is 0 Å². The molecule has 7 heteroatoms. The quantitative estimate of drug-likeness (QED) is 0.390. The third kappa shape index (κ3) is 5.04. The third-order valence-corrected chi connectivity index (χ3v) is 5.78. The molecule has 2 heterocycles. The third-order valence-electron chi connectivity index (χ3n) is 4.87. The summed E-state index contributed by atoms with van der Waals surface area (Å²) < 4.78 is 5.25. The van der Waals surface area contributed by atoms with E-state index in [2.05, 4.69) is 20.3 Å². The second kappa shape index (κ2) is 9.54. The number of aromatic nitrogens is 3. The van der Waals surface area contributed by atoms with Crippen LogP contribution in [-0.2, 0) is 19.4 Å². The molecule has 2 aromatic carbocycles. The maximum atomic E-state index is 12.3. The number of hydrogen-bond donors (Lipinski definition) is 2. The first kappa shape index (κ1) is 20.1. The highest BCUT2D eigenvalue weighted by molar-refractivity contribution is 7.09. The van der Waals surface area contributed by atoms with Gasteiger partial charge >= 0.3 is 0 Å². The van der Waals surface area contributed by atoms with Gasteiger partial charge in [0.25, 0.3) is 5.91 Å². The van der Waals surface area contributed by atoms with E-state index in [4.69, 9.17) is 4.74 Å². The summed E-state index contributed by atoms with van der Waals surface area (Å²) in [6.07, 6.45) is 3.75. The minimum Gasteiger partial charge on any atom is -0.497 e. The van der Waals surface area contributed by atoms with Crippen LogP contribution in [0, 0.1) is 0 Å². The van der Waals surface area contributed by atoms with Gasteiger partial charge in [-0.15, -0.1) is 11.3 Å². The first-order valence-electron chi connectivity index (χ1n) is 10.0. The number of aromatic amines is 1. The van der Waals surface area contributed by atoms with Crippen molar-refractivity contribution in [2.45, 2.75) is 32.2 Å². The van der Waals surface area contributed by atoms with Gasteiger partial charge in [0.1, 0.15) is 17.3 Å². The lowest BCUT2D eigenvalue weighted by molar-refractivity contribution is 0.0946. The zero-order valence-corrected chi connectivity index (χ0v) is 17.7. The molecule has 0 unspecified atom stereocenters. The number of thiazole rings is 1. The predicted octanol–water partition coefficient (Wildman–Crippen LogP) is 4.52. The Labute approximate surface area is 179 Å². The number of unbranched alkanes of at least 4 members (excludes halogenated alkanes) is 1. The number of carbonyl (C=O) groups excluding carboxylic acids is 1. The van der Waals surface area contributed by atoms with Gasteiger partial charge in [-0.05, 0) is 37.0 Å². The zero-order chi connectivity index (χ0) is 20.8. The molecule has 0 bridgehead atoms. The summed E-state index contributed by atoms with van der Waals surface area (Å²) in [7, 11) is 1.66. The molecule has 1 amide bonds. The van der Waals surface area contributed by atoms with Crippen molar-refractivity contribution in [3.05, 3.63) is 76.0 Å². The molecule has 4 aromatic rings. The van der Waals surface area contributed by atoms with E-state index in [9.17, 15) is 4.79 Å². The maximum Gasteiger partial charge on any atom is 0.271 e. The van der Waals surface area contributed by atoms with Gasteiger partial charge in [0.15, 0.2) is 0 Å². The second-order valence-corrected chi connectivity index (χ2v) is 8.01. The summed E-state index contributed by atoms with van der Waals surface area (Å²) in [5.74, 6) is 1.68. The molecule has 0 fully saturated rings. The van der Waals surface area contributed by atoms with Crippen LogP contribution in [0.25, 0.3) is 11.0 Å². The van der Waals surface area contributed by atoms with Crippen molar-refractivity contribution in [1.29, 1.82) is 0 Å². The molecular weight excluding hydrogens is 396 g/mol. The number of nitrogens with one attached hydrogen (secondary N) is 2. The summed E-state index contributed by atoms with van der Waals surface area (Å²) in [4.78, 5) is 24.8. The van der Waals surface area contributed by atoms with E-state index in [0.717, 1.165) is 58.9 Å². The summed E-state index contributed by atoms with van der Waals surface area (Å²) >= 11 is 1.54. The predicted molar refractivity (Wildman–Crippen MR) is 119 cm³/mol. The molecule has 6 nitrogen and oxygen atoms in total. The number of nitrogens with zero attached hydrogens (tertiary/aromatic N) is 2. The summed E-state index contributed by atoms with van der Waals surface area (Å²) in [6.45, 7) is 0.510. The average molecular weight is 421 g/mol. The first-order valence-corrected chi connectivity index (χ1v) is 10.9. The fourth-order valence-corrected chi connectivity index (χ4v) is 4.08. The van der Waals surface area contributed by atoms with Crippen LogP contribution in [-0.4, -0.2) is 28.0 Å². The number of amides is 1. The lowest BCUT2D eigenvalue weighted by Gasteiger charge is -2.02. The summed E-state index contributed by atoms with van der Waals surface area (Å²) in [5.41, 5.74) is 3.52. The van der Waals surface area contributed by atoms with Crippen LogP contribution in [0.4, 0.5) is 0 Å². The van der Waals surface area contributed by atoms with E-state index in [-0.39, 0.29) is 5.91 Å². The molecular formula is C23H24N4O2S. The number of methoxy groups -OCH3 is 1. The fourth-order valence-electron chi connectivity index (χ4n) is 3.25. The van der Waals surface area contributed by atoms with Crippen molar-refractivity contribution in [1.82, 2.24) is 20.3 Å². The second-order valence-electron chi connectivity index (χ2n) is 7.07. The zero-order valence-electron chi connectivity index (χ0n) is 16.9. The Bertz CT molecular complexity index is 1120. The molecule has 2 N–H and O–H groups in total. The number of benzene rings is 2. The molecule has 2 aromatic heterocycles. The van der Waals surface area contributed by atoms with Crippen LogP contribution in [0.15, 0.2) is 53.9 Å². The Morgan fingerprint density at radius 3 is 2.77 bits per heavy atom. The van der Waals surface area contributed by atoms with Crippen molar-refractivity contribution in [2.75, 3.05) is 7.11 Å². The van der Waals surface area contributed by atoms with E-state index in [1.807, 2.05) is 53.9 Å². The smallest absolute Gasteiger partial charge is 0.271 e. The molecule has 0 saturated carbocycles. The van der Waals surface area contributed by atoms with Crippen LogP contribution in [0.5, 0.6) is 5.75 Å². The number of aryl methyl sites for hydroxylation is 2. The van der Waals surface area contributed by atoms with Crippen LogP contribution >= 0.6 is 11.3 Å². The van der Waals surface area contributed by atoms with Gasteiger partial charge in [0.2, 0.25) is 0 Å². The Hall–Kier alpha value is -3.19. The molecule has 30 heavy (non-hydrogen) atoms. The van der Waals surface area contributed by atoms with Crippen molar-refractivity contribution in [3.8, 4) is 5.75 Å². The van der Waals surface area contributed by atoms with Gasteiger partial charge in [0.05, 0.1) is 23.2 Å². The van der Waals surface area contributed by atoms with E-state index < -0.39 is 0 Å². The molecule has 0 saturated heterocycles. The minimum absolute atomic E-state index is 0.126. The molecule has 0 aliphatic rings. The van der Waals surface area contributed by atoms with Crippen LogP contribution < -0.4 is 10.1 Å². The van der Waals surface area contributed by atoms with E-state index in [0.29, 0.717) is 12.2 Å². The minimum atomic E-state index is -0.126. The van der Waals surface area contributed by atoms with Gasteiger partial charge in [-0.3, -0.25) is 4.79 Å². The number of rotatable bonds is 9. The highest BCUT2D eigenvalue weighted by Gasteiger charge is 2.11. The summed E-state index contributed by atoms with van der Waals surface area (Å²) in [6, 6.07) is 15.7. The highest BCUT2D eigenvalue weighted by Crippen LogP contribution is 2.20. The lowest BCUT2D eigenvalue weighted by Crippen LogP contribution is -2.23. The van der Waals surface area contributed by atoms with Gasteiger partial charge in [0, 0.05) is 24.4 Å². The molecule has 4 rings (SSSR count). The van der Waals surface area contributed by atoms with E-state index in [1.54, 1.807) is 18.4 Å². The number of imidazole rings is 1. The molecule has 0 aliphatic heterocycles. The van der Waals surface area contributed by atoms with E-state index in [1.165, 1.54) is 0 Å². The Balaban J connectivity index is 1.23. The molecule has 0 aliphatic carbocycles. The molecule has 0 spiro atoms. The first-order chi connectivity index (χ1) is 14.7. The van der Waals surface area contributed by atoms with Crippen molar-refractivity contribution in [2.24, 2.45) is 0 Å². The van der Waals surface area contributed by atoms with E-state index >= 15 is 0 Å². The van der Waals surface area contributed by atoms with Crippen molar-refractivity contribution in [3.63, 3.8) is 0 Å². The number of carbonyl (C=O) groups is 1. The van der Waals surface area contributed by atoms with Gasteiger partial charge in [-0.1, -0.05) is 30.3 Å². The molecule has 154 valence electrons. The highest BCUT2D eigenvalue weighted by atomic mass is 32.1.